The zero-order chi connectivity index (χ0) is 23.2. The Balaban J connectivity index is 1.26. The molecule has 2 atom stereocenters. The van der Waals surface area contributed by atoms with E-state index in [0.29, 0.717) is 12.2 Å². The number of hydrogen-bond acceptors (Lipinski definition) is 1. The minimum Gasteiger partial charge on any atom is -0.491 e. The number of aryl methyl sites for hydroxylation is 1. The van der Waals surface area contributed by atoms with Crippen LogP contribution >= 0.6 is 0 Å². The van der Waals surface area contributed by atoms with Crippen LogP contribution in [0.5, 0.6) is 5.75 Å². The fraction of sp³-hybridized carbons (Fsp3) is 0.600. The maximum Gasteiger partial charge on any atom is 0.201 e. The molecule has 0 amide bonds. The molecular formula is C30H40F2O. The van der Waals surface area contributed by atoms with E-state index in [1.807, 2.05) is 12.1 Å². The molecule has 33 heavy (non-hydrogen) atoms. The Hall–Kier alpha value is -1.90. The van der Waals surface area contributed by atoms with E-state index in [1.54, 1.807) is 13.0 Å². The van der Waals surface area contributed by atoms with Crippen molar-refractivity contribution in [3.05, 3.63) is 53.6 Å². The van der Waals surface area contributed by atoms with E-state index >= 15 is 0 Å². The molecule has 180 valence electrons. The summed E-state index contributed by atoms with van der Waals surface area (Å²) in [5, 5.41) is 0. The van der Waals surface area contributed by atoms with E-state index in [2.05, 4.69) is 19.1 Å². The van der Waals surface area contributed by atoms with Crippen LogP contribution in [0.4, 0.5) is 8.78 Å². The predicted octanol–water partition coefficient (Wildman–Crippen LogP) is 8.99. The average molecular weight is 455 g/mol. The SMILES string of the molecule is CCCC1CCC(C2CCC(CCc3ccc(-c4ccc(OCC)c(F)c4F)cc3)CC2)C1. The molecule has 1 nitrogen and oxygen atoms in total. The third-order valence-corrected chi connectivity index (χ3v) is 8.29. The van der Waals surface area contributed by atoms with Crippen molar-refractivity contribution in [2.75, 3.05) is 6.61 Å². The van der Waals surface area contributed by atoms with Crippen LogP contribution in [0, 0.1) is 35.3 Å². The third kappa shape index (κ3) is 5.97. The lowest BCUT2D eigenvalue weighted by Gasteiger charge is -2.32. The van der Waals surface area contributed by atoms with Crippen molar-refractivity contribution in [2.24, 2.45) is 23.7 Å². The zero-order valence-electron chi connectivity index (χ0n) is 20.4. The standard InChI is InChI=1S/C30H40F2O/c1-3-5-23-12-17-26(20-23)24-13-8-21(9-14-24)6-7-22-10-15-25(16-11-22)27-18-19-28(33-4-2)30(32)29(27)31/h10-11,15-16,18-19,21,23-24,26H,3-9,12-14,17,20H2,1-2H3. The van der Waals surface area contributed by atoms with Crippen molar-refractivity contribution in [1.82, 2.24) is 0 Å². The van der Waals surface area contributed by atoms with Crippen molar-refractivity contribution in [3.63, 3.8) is 0 Å². The van der Waals surface area contributed by atoms with Gasteiger partial charge in [0.2, 0.25) is 5.82 Å². The molecule has 0 N–H and O–H groups in total. The second-order valence-electron chi connectivity index (χ2n) is 10.4. The van der Waals surface area contributed by atoms with Gasteiger partial charge in [0.15, 0.2) is 11.6 Å². The van der Waals surface area contributed by atoms with Gasteiger partial charge < -0.3 is 4.74 Å². The molecular weight excluding hydrogens is 414 g/mol. The Bertz CT molecular complexity index is 883. The highest BCUT2D eigenvalue weighted by molar-refractivity contribution is 5.65. The number of hydrogen-bond donors (Lipinski definition) is 0. The monoisotopic (exact) mass is 454 g/mol. The molecule has 0 radical (unpaired) electrons. The van der Waals surface area contributed by atoms with Crippen molar-refractivity contribution < 1.29 is 13.5 Å². The smallest absolute Gasteiger partial charge is 0.201 e. The Kier molecular flexibility index (Phi) is 8.44. The van der Waals surface area contributed by atoms with Gasteiger partial charge in [0.05, 0.1) is 6.61 Å². The molecule has 0 aliphatic heterocycles. The summed E-state index contributed by atoms with van der Waals surface area (Å²) in [5.41, 5.74) is 2.27. The van der Waals surface area contributed by atoms with Gasteiger partial charge in [-0.15, -0.1) is 0 Å². The van der Waals surface area contributed by atoms with Crippen molar-refractivity contribution >= 4 is 0 Å². The first kappa shape index (κ1) is 24.2. The molecule has 2 aromatic rings. The first-order valence-corrected chi connectivity index (χ1v) is 13.3. The Morgan fingerprint density at radius 1 is 0.758 bits per heavy atom. The van der Waals surface area contributed by atoms with E-state index < -0.39 is 11.6 Å². The second kappa shape index (κ2) is 11.5. The van der Waals surface area contributed by atoms with E-state index in [0.717, 1.165) is 30.1 Å². The summed E-state index contributed by atoms with van der Waals surface area (Å²) in [6, 6.07) is 11.1. The highest BCUT2D eigenvalue weighted by atomic mass is 19.2. The van der Waals surface area contributed by atoms with Gasteiger partial charge in [-0.05, 0) is 92.4 Å². The highest BCUT2D eigenvalue weighted by Crippen LogP contribution is 2.44. The molecule has 0 aromatic heterocycles. The van der Waals surface area contributed by atoms with Crippen LogP contribution in [0.15, 0.2) is 36.4 Å². The Labute approximate surface area is 198 Å². The quantitative estimate of drug-likeness (QED) is 0.367. The largest absolute Gasteiger partial charge is 0.491 e. The summed E-state index contributed by atoms with van der Waals surface area (Å²) in [6.07, 6.45) is 15.1. The van der Waals surface area contributed by atoms with Crippen LogP contribution in [-0.4, -0.2) is 6.61 Å². The fourth-order valence-corrected chi connectivity index (χ4v) is 6.40. The van der Waals surface area contributed by atoms with E-state index in [-0.39, 0.29) is 11.3 Å². The van der Waals surface area contributed by atoms with Gasteiger partial charge in [-0.25, -0.2) is 4.39 Å². The molecule has 2 aromatic carbocycles. The third-order valence-electron chi connectivity index (χ3n) is 8.29. The van der Waals surface area contributed by atoms with Crippen molar-refractivity contribution in [2.45, 2.75) is 84.5 Å². The van der Waals surface area contributed by atoms with Gasteiger partial charge >= 0.3 is 0 Å². The van der Waals surface area contributed by atoms with Crippen LogP contribution in [0.3, 0.4) is 0 Å². The molecule has 2 unspecified atom stereocenters. The summed E-state index contributed by atoms with van der Waals surface area (Å²) >= 11 is 0. The Morgan fingerprint density at radius 3 is 2.15 bits per heavy atom. The lowest BCUT2D eigenvalue weighted by atomic mass is 9.73. The molecule has 4 rings (SSSR count). The van der Waals surface area contributed by atoms with Gasteiger partial charge in [0.25, 0.3) is 0 Å². The molecule has 0 bridgehead atoms. The van der Waals surface area contributed by atoms with E-state index in [1.165, 1.54) is 75.8 Å². The second-order valence-corrected chi connectivity index (χ2v) is 10.4. The first-order chi connectivity index (χ1) is 16.1. The first-order valence-electron chi connectivity index (χ1n) is 13.3. The van der Waals surface area contributed by atoms with Gasteiger partial charge in [0, 0.05) is 5.56 Å². The topological polar surface area (TPSA) is 9.23 Å². The van der Waals surface area contributed by atoms with Crippen molar-refractivity contribution in [1.29, 1.82) is 0 Å². The molecule has 0 heterocycles. The van der Waals surface area contributed by atoms with E-state index in [9.17, 15) is 8.78 Å². The van der Waals surface area contributed by atoms with Crippen LogP contribution < -0.4 is 4.74 Å². The summed E-state index contributed by atoms with van der Waals surface area (Å²) in [6.45, 7) is 4.39. The minimum absolute atomic E-state index is 0.0289. The van der Waals surface area contributed by atoms with Crippen LogP contribution in [0.2, 0.25) is 0 Å². The molecule has 3 heteroatoms. The van der Waals surface area contributed by atoms with Gasteiger partial charge in [-0.1, -0.05) is 63.3 Å². The van der Waals surface area contributed by atoms with Crippen LogP contribution in [0.25, 0.3) is 11.1 Å². The lowest BCUT2D eigenvalue weighted by molar-refractivity contribution is 0.196. The molecule has 2 fully saturated rings. The predicted molar refractivity (Wildman–Crippen MR) is 132 cm³/mol. The van der Waals surface area contributed by atoms with Crippen LogP contribution in [-0.2, 0) is 6.42 Å². The maximum absolute atomic E-state index is 14.5. The summed E-state index contributed by atoms with van der Waals surface area (Å²) in [5.74, 6) is 2.05. The number of benzene rings is 2. The fourth-order valence-electron chi connectivity index (χ4n) is 6.40. The maximum atomic E-state index is 14.5. The van der Waals surface area contributed by atoms with Gasteiger partial charge in [-0.2, -0.15) is 4.39 Å². The van der Waals surface area contributed by atoms with Gasteiger partial charge in [0.1, 0.15) is 0 Å². The summed E-state index contributed by atoms with van der Waals surface area (Å²) in [7, 11) is 0. The van der Waals surface area contributed by atoms with Crippen LogP contribution in [0.1, 0.15) is 83.6 Å². The lowest BCUT2D eigenvalue weighted by Crippen LogP contribution is -2.21. The van der Waals surface area contributed by atoms with Gasteiger partial charge in [-0.3, -0.25) is 0 Å². The molecule has 2 aliphatic rings. The molecule has 0 saturated heterocycles. The molecule has 2 aliphatic carbocycles. The number of halogens is 2. The zero-order valence-corrected chi connectivity index (χ0v) is 20.4. The van der Waals surface area contributed by atoms with Crippen molar-refractivity contribution in [3.8, 4) is 16.9 Å². The minimum atomic E-state index is -0.910. The summed E-state index contributed by atoms with van der Waals surface area (Å²) in [4.78, 5) is 0. The van der Waals surface area contributed by atoms with E-state index in [4.69, 9.17) is 4.74 Å². The number of ether oxygens (including phenoxy) is 1. The normalized spacial score (nSPS) is 25.3. The number of rotatable bonds is 9. The molecule has 2 saturated carbocycles. The highest BCUT2D eigenvalue weighted by Gasteiger charge is 2.32. The molecule has 0 spiro atoms. The summed E-state index contributed by atoms with van der Waals surface area (Å²) < 4.78 is 33.9. The average Bonchev–Trinajstić information content (AvgIpc) is 3.31. The Morgan fingerprint density at radius 2 is 1.45 bits per heavy atom.